The van der Waals surface area contributed by atoms with Crippen molar-refractivity contribution in [1.29, 1.82) is 0 Å². The summed E-state index contributed by atoms with van der Waals surface area (Å²) in [5.74, 6) is -0.241. The van der Waals surface area contributed by atoms with Gasteiger partial charge in [0.15, 0.2) is 0 Å². The molecule has 0 saturated carbocycles. The topological polar surface area (TPSA) is 66.6 Å². The van der Waals surface area contributed by atoms with E-state index in [0.717, 1.165) is 32.7 Å². The maximum Gasteiger partial charge on any atom is 0.253 e. The largest absolute Gasteiger partial charge is 0.381 e. The number of carbonyl (C=O) groups excluding carboxylic acids is 1. The molecule has 4 rings (SSSR count). The Bertz CT molecular complexity index is 766. The average Bonchev–Trinajstić information content (AvgIpc) is 3.33. The van der Waals surface area contributed by atoms with Gasteiger partial charge in [-0.1, -0.05) is 6.07 Å². The Morgan fingerprint density at radius 1 is 1.31 bits per heavy atom. The first kappa shape index (κ1) is 17.5. The number of halogens is 1. The molecular formula is C19H24FN3O3. The molecule has 0 aliphatic carbocycles. The van der Waals surface area contributed by atoms with Gasteiger partial charge in [0.2, 0.25) is 0 Å². The number of rotatable bonds is 5. The van der Waals surface area contributed by atoms with Crippen molar-refractivity contribution in [2.75, 3.05) is 46.1 Å². The van der Waals surface area contributed by atoms with Crippen LogP contribution in [0.5, 0.6) is 0 Å². The smallest absolute Gasteiger partial charge is 0.253 e. The molecule has 2 fully saturated rings. The van der Waals surface area contributed by atoms with Crippen LogP contribution in [0.1, 0.15) is 16.8 Å². The molecule has 1 aromatic carbocycles. The van der Waals surface area contributed by atoms with Gasteiger partial charge in [0.25, 0.3) is 5.91 Å². The zero-order chi connectivity index (χ0) is 17.9. The number of ether oxygens (including phenoxy) is 2. The van der Waals surface area contributed by atoms with Gasteiger partial charge in [0.05, 0.1) is 25.4 Å². The van der Waals surface area contributed by atoms with Crippen molar-refractivity contribution in [3.63, 3.8) is 0 Å². The van der Waals surface area contributed by atoms with Crippen molar-refractivity contribution in [3.8, 4) is 0 Å². The summed E-state index contributed by atoms with van der Waals surface area (Å²) in [5, 5.41) is 3.36. The maximum absolute atomic E-state index is 14.1. The van der Waals surface area contributed by atoms with Crippen LogP contribution in [-0.4, -0.2) is 67.9 Å². The van der Waals surface area contributed by atoms with Crippen molar-refractivity contribution < 1.29 is 18.7 Å². The van der Waals surface area contributed by atoms with E-state index in [4.69, 9.17) is 9.47 Å². The fourth-order valence-electron chi connectivity index (χ4n) is 3.97. The van der Waals surface area contributed by atoms with Gasteiger partial charge in [-0.25, -0.2) is 4.39 Å². The van der Waals surface area contributed by atoms with E-state index in [1.165, 1.54) is 6.07 Å². The number of morpholine rings is 1. The van der Waals surface area contributed by atoms with Crippen LogP contribution < -0.4 is 5.32 Å². The van der Waals surface area contributed by atoms with Crippen LogP contribution in [0.4, 0.5) is 4.39 Å². The van der Waals surface area contributed by atoms with Crippen molar-refractivity contribution in [3.05, 3.63) is 35.8 Å². The Hall–Kier alpha value is -1.96. The highest BCUT2D eigenvalue weighted by atomic mass is 19.1. The number of H-pyrrole nitrogens is 1. The summed E-state index contributed by atoms with van der Waals surface area (Å²) in [6, 6.07) is 4.98. The van der Waals surface area contributed by atoms with Crippen molar-refractivity contribution >= 4 is 16.8 Å². The molecule has 0 radical (unpaired) electrons. The molecule has 1 aromatic heterocycles. The quantitative estimate of drug-likeness (QED) is 0.852. The van der Waals surface area contributed by atoms with Crippen LogP contribution in [-0.2, 0) is 9.47 Å². The zero-order valence-corrected chi connectivity index (χ0v) is 14.7. The van der Waals surface area contributed by atoms with E-state index in [-0.39, 0.29) is 17.8 Å². The molecule has 0 unspecified atom stereocenters. The lowest BCUT2D eigenvalue weighted by Gasteiger charge is -2.37. The van der Waals surface area contributed by atoms with Crippen molar-refractivity contribution in [2.24, 2.45) is 5.92 Å². The second-order valence-corrected chi connectivity index (χ2v) is 6.91. The molecule has 1 amide bonds. The summed E-state index contributed by atoms with van der Waals surface area (Å²) in [4.78, 5) is 18.0. The van der Waals surface area contributed by atoms with Crippen LogP contribution in [0.15, 0.2) is 24.4 Å². The number of nitrogens with zero attached hydrogens (tertiary/aromatic N) is 1. The highest BCUT2D eigenvalue weighted by Crippen LogP contribution is 2.23. The number of aromatic amines is 1. The number of aromatic nitrogens is 1. The van der Waals surface area contributed by atoms with E-state index in [1.807, 2.05) is 0 Å². The first-order valence-electron chi connectivity index (χ1n) is 9.17. The summed E-state index contributed by atoms with van der Waals surface area (Å²) in [6.07, 6.45) is 2.57. The minimum atomic E-state index is -0.386. The minimum Gasteiger partial charge on any atom is -0.381 e. The number of nitrogens with one attached hydrogen (secondary N) is 2. The molecule has 26 heavy (non-hydrogen) atoms. The first-order chi connectivity index (χ1) is 12.7. The summed E-state index contributed by atoms with van der Waals surface area (Å²) in [6.45, 7) is 5.16. The van der Waals surface area contributed by atoms with Crippen LogP contribution in [0.25, 0.3) is 10.9 Å². The Balaban J connectivity index is 1.48. The van der Waals surface area contributed by atoms with E-state index in [1.54, 1.807) is 18.3 Å². The van der Waals surface area contributed by atoms with Gasteiger partial charge >= 0.3 is 0 Å². The molecule has 0 bridgehead atoms. The lowest BCUT2D eigenvalue weighted by molar-refractivity contribution is 0.00167. The number of carbonyl (C=O) groups is 1. The van der Waals surface area contributed by atoms with Gasteiger partial charge in [-0.3, -0.25) is 9.69 Å². The minimum absolute atomic E-state index is 0.209. The highest BCUT2D eigenvalue weighted by Gasteiger charge is 2.32. The molecule has 2 atom stereocenters. The molecule has 2 aromatic rings. The summed E-state index contributed by atoms with van der Waals surface area (Å²) in [5.41, 5.74) is 0.977. The van der Waals surface area contributed by atoms with Gasteiger partial charge < -0.3 is 19.8 Å². The molecule has 2 aliphatic rings. The van der Waals surface area contributed by atoms with Crippen LogP contribution in [0.2, 0.25) is 0 Å². The van der Waals surface area contributed by atoms with Crippen molar-refractivity contribution in [2.45, 2.75) is 12.5 Å². The third kappa shape index (κ3) is 3.47. The monoisotopic (exact) mass is 361 g/mol. The number of hydrogen-bond acceptors (Lipinski definition) is 4. The summed E-state index contributed by atoms with van der Waals surface area (Å²) < 4.78 is 25.1. The Labute approximate surface area is 151 Å². The van der Waals surface area contributed by atoms with Crippen LogP contribution in [0.3, 0.4) is 0 Å². The lowest BCUT2D eigenvalue weighted by Crippen LogP contribution is -2.52. The molecule has 2 aliphatic heterocycles. The van der Waals surface area contributed by atoms with Crippen LogP contribution >= 0.6 is 0 Å². The van der Waals surface area contributed by atoms with E-state index in [0.29, 0.717) is 42.1 Å². The highest BCUT2D eigenvalue weighted by molar-refractivity contribution is 6.06. The van der Waals surface area contributed by atoms with Gasteiger partial charge in [-0.2, -0.15) is 0 Å². The van der Waals surface area contributed by atoms with Crippen LogP contribution in [0, 0.1) is 11.7 Å². The van der Waals surface area contributed by atoms with E-state index >= 15 is 0 Å². The van der Waals surface area contributed by atoms with Gasteiger partial charge in [-0.15, -0.1) is 0 Å². The number of hydrogen-bond donors (Lipinski definition) is 2. The van der Waals surface area contributed by atoms with E-state index < -0.39 is 0 Å². The summed E-state index contributed by atoms with van der Waals surface area (Å²) in [7, 11) is 0. The number of fused-ring (bicyclic) bond motifs is 1. The molecular weight excluding hydrogens is 337 g/mol. The molecule has 2 N–H and O–H groups in total. The molecule has 3 heterocycles. The zero-order valence-electron chi connectivity index (χ0n) is 14.7. The normalized spacial score (nSPS) is 22.6. The van der Waals surface area contributed by atoms with Gasteiger partial charge in [0.1, 0.15) is 5.82 Å². The summed E-state index contributed by atoms with van der Waals surface area (Å²) >= 11 is 0. The Morgan fingerprint density at radius 3 is 2.92 bits per heavy atom. The Kier molecular flexibility index (Phi) is 5.19. The third-order valence-corrected chi connectivity index (χ3v) is 5.40. The average molecular weight is 361 g/mol. The maximum atomic E-state index is 14.1. The standard InChI is InChI=1S/C19H24FN3O3/c20-15-2-1-3-16-18(15)14(10-21-16)19(24)22-11-17(13-4-7-26-12-13)23-5-8-25-9-6-23/h1-3,10,13,17,21H,4-9,11-12H2,(H,22,24)/t13-,17-/m1/s1. The first-order valence-corrected chi connectivity index (χ1v) is 9.17. The number of amides is 1. The van der Waals surface area contributed by atoms with Gasteiger partial charge in [-0.05, 0) is 18.6 Å². The molecule has 2 saturated heterocycles. The Morgan fingerprint density at radius 2 is 2.15 bits per heavy atom. The fraction of sp³-hybridized carbons (Fsp3) is 0.526. The third-order valence-electron chi connectivity index (χ3n) is 5.40. The number of benzene rings is 1. The van der Waals surface area contributed by atoms with E-state index in [2.05, 4.69) is 15.2 Å². The molecule has 7 heteroatoms. The molecule has 6 nitrogen and oxygen atoms in total. The lowest BCUT2D eigenvalue weighted by atomic mass is 9.96. The second kappa shape index (κ2) is 7.73. The predicted octanol–water partition coefficient (Wildman–Crippen LogP) is 1.77. The molecule has 140 valence electrons. The van der Waals surface area contributed by atoms with Crippen molar-refractivity contribution in [1.82, 2.24) is 15.2 Å². The predicted molar refractivity (Wildman–Crippen MR) is 95.7 cm³/mol. The molecule has 0 spiro atoms. The fourth-order valence-corrected chi connectivity index (χ4v) is 3.97. The van der Waals surface area contributed by atoms with Gasteiger partial charge in [0, 0.05) is 55.3 Å². The van der Waals surface area contributed by atoms with E-state index in [9.17, 15) is 9.18 Å². The second-order valence-electron chi connectivity index (χ2n) is 6.91. The SMILES string of the molecule is O=C(NC[C@H]([C@@H]1CCOC1)N1CCOCC1)c1c[nH]c2cccc(F)c12.